The van der Waals surface area contributed by atoms with E-state index in [9.17, 15) is 4.21 Å². The summed E-state index contributed by atoms with van der Waals surface area (Å²) < 4.78 is 28.2. The van der Waals surface area contributed by atoms with Crippen LogP contribution in [0.1, 0.15) is 25.3 Å². The van der Waals surface area contributed by atoms with Gasteiger partial charge in [0.1, 0.15) is 22.1 Å². The van der Waals surface area contributed by atoms with E-state index >= 15 is 0 Å². The summed E-state index contributed by atoms with van der Waals surface area (Å²) in [6.45, 7) is 2.83. The normalized spacial score (nSPS) is 20.7. The van der Waals surface area contributed by atoms with Crippen molar-refractivity contribution < 1.29 is 13.5 Å². The number of hydrogen-bond donors (Lipinski definition) is 1. The third-order valence-corrected chi connectivity index (χ3v) is 5.99. The van der Waals surface area contributed by atoms with E-state index in [1.165, 1.54) is 0 Å². The van der Waals surface area contributed by atoms with Crippen molar-refractivity contribution in [3.05, 3.63) is 36.2 Å². The lowest BCUT2D eigenvalue weighted by Crippen LogP contribution is -2.28. The van der Waals surface area contributed by atoms with E-state index < -0.39 is 11.0 Å². The van der Waals surface area contributed by atoms with Crippen LogP contribution in [-0.2, 0) is 17.5 Å². The summed E-state index contributed by atoms with van der Waals surface area (Å²) in [5, 5.41) is 9.00. The highest BCUT2D eigenvalue weighted by molar-refractivity contribution is 7.86. The molecule has 1 fully saturated rings. The van der Waals surface area contributed by atoms with Gasteiger partial charge >= 0.3 is 0 Å². The van der Waals surface area contributed by atoms with Gasteiger partial charge in [0, 0.05) is 18.1 Å². The van der Waals surface area contributed by atoms with E-state index in [2.05, 4.69) is 21.9 Å². The number of nitrogens with zero attached hydrogens (tertiary/aromatic N) is 3. The van der Waals surface area contributed by atoms with Gasteiger partial charge in [-0.15, -0.1) is 0 Å². The van der Waals surface area contributed by atoms with Crippen LogP contribution in [0.3, 0.4) is 0 Å². The SMILES string of the molecule is COc1cc(Cn2cccn2)cc2onc(NS(=O)CC3CC(C)C3)c12. The Balaban J connectivity index is 1.55. The number of hydrogen-bond acceptors (Lipinski definition) is 5. The molecule has 0 radical (unpaired) electrons. The number of methoxy groups -OCH3 is 1. The van der Waals surface area contributed by atoms with Gasteiger partial charge in [0.15, 0.2) is 11.4 Å². The van der Waals surface area contributed by atoms with Crippen LogP contribution in [-0.4, -0.2) is 32.0 Å². The molecule has 2 heterocycles. The number of aromatic nitrogens is 3. The first kappa shape index (κ1) is 17.1. The molecule has 7 nitrogen and oxygen atoms in total. The molecular formula is C18H22N4O3S. The Kier molecular flexibility index (Phi) is 4.67. The number of benzene rings is 1. The van der Waals surface area contributed by atoms with Gasteiger partial charge < -0.3 is 9.26 Å². The van der Waals surface area contributed by atoms with Crippen molar-refractivity contribution >= 4 is 27.8 Å². The second-order valence-electron chi connectivity index (χ2n) is 6.96. The molecule has 0 spiro atoms. The Morgan fingerprint density at radius 1 is 1.42 bits per heavy atom. The zero-order valence-electron chi connectivity index (χ0n) is 14.8. The van der Waals surface area contributed by atoms with E-state index in [1.807, 2.05) is 29.1 Å². The van der Waals surface area contributed by atoms with Crippen LogP contribution in [0, 0.1) is 11.8 Å². The molecule has 0 bridgehead atoms. The molecule has 2 aromatic heterocycles. The number of anilines is 1. The van der Waals surface area contributed by atoms with Crippen molar-refractivity contribution in [2.24, 2.45) is 11.8 Å². The van der Waals surface area contributed by atoms with Gasteiger partial charge in [-0.3, -0.25) is 9.40 Å². The highest BCUT2D eigenvalue weighted by atomic mass is 32.2. The van der Waals surface area contributed by atoms with Gasteiger partial charge in [-0.1, -0.05) is 12.1 Å². The first-order valence-electron chi connectivity index (χ1n) is 8.71. The second kappa shape index (κ2) is 7.11. The van der Waals surface area contributed by atoms with E-state index in [1.54, 1.807) is 13.3 Å². The Hall–Kier alpha value is -2.35. The molecule has 138 valence electrons. The molecule has 3 aromatic rings. The molecule has 4 rings (SSSR count). The third-order valence-electron chi connectivity index (χ3n) is 4.79. The zero-order chi connectivity index (χ0) is 18.1. The molecule has 26 heavy (non-hydrogen) atoms. The van der Waals surface area contributed by atoms with Gasteiger partial charge in [0.2, 0.25) is 0 Å². The molecule has 1 unspecified atom stereocenters. The van der Waals surface area contributed by atoms with Gasteiger partial charge in [0.25, 0.3) is 0 Å². The van der Waals surface area contributed by atoms with Crippen molar-refractivity contribution in [3.63, 3.8) is 0 Å². The predicted molar refractivity (Wildman–Crippen MR) is 100 cm³/mol. The molecule has 1 aliphatic rings. The maximum absolute atomic E-state index is 12.4. The monoisotopic (exact) mass is 374 g/mol. The minimum atomic E-state index is -1.18. The topological polar surface area (TPSA) is 82.2 Å². The van der Waals surface area contributed by atoms with Crippen LogP contribution in [0.25, 0.3) is 11.0 Å². The zero-order valence-corrected chi connectivity index (χ0v) is 15.7. The van der Waals surface area contributed by atoms with Gasteiger partial charge in [-0.05, 0) is 48.4 Å². The van der Waals surface area contributed by atoms with Gasteiger partial charge in [0.05, 0.1) is 13.7 Å². The lowest BCUT2D eigenvalue weighted by Gasteiger charge is -2.31. The van der Waals surface area contributed by atoms with E-state index in [4.69, 9.17) is 9.26 Å². The number of fused-ring (bicyclic) bond motifs is 1. The average molecular weight is 374 g/mol. The van der Waals surface area contributed by atoms with E-state index in [0.717, 1.165) is 24.3 Å². The standard InChI is InChI=1S/C18H22N4O3S/c1-12-6-14(7-12)11-26(23)21-18-17-15(24-2)8-13(9-16(17)25-20-18)10-22-5-3-4-19-22/h3-5,8-9,12,14H,6-7,10-11H2,1-2H3,(H,20,21). The quantitative estimate of drug-likeness (QED) is 0.687. The van der Waals surface area contributed by atoms with Crippen LogP contribution in [0.2, 0.25) is 0 Å². The lowest BCUT2D eigenvalue weighted by molar-refractivity contribution is 0.237. The maximum Gasteiger partial charge on any atom is 0.192 e. The van der Waals surface area contributed by atoms with Crippen molar-refractivity contribution in [2.45, 2.75) is 26.3 Å². The third kappa shape index (κ3) is 3.46. The molecule has 8 heteroatoms. The summed E-state index contributed by atoms with van der Waals surface area (Å²) in [6.07, 6.45) is 5.93. The fraction of sp³-hybridized carbons (Fsp3) is 0.444. The summed E-state index contributed by atoms with van der Waals surface area (Å²) >= 11 is 0. The Morgan fingerprint density at radius 2 is 2.27 bits per heavy atom. The lowest BCUT2D eigenvalue weighted by atomic mass is 9.77. The summed E-state index contributed by atoms with van der Waals surface area (Å²) in [4.78, 5) is 0. The molecule has 1 N–H and O–H groups in total. The van der Waals surface area contributed by atoms with Crippen molar-refractivity contribution in [1.82, 2.24) is 14.9 Å². The second-order valence-corrected chi connectivity index (χ2v) is 8.19. The first-order valence-corrected chi connectivity index (χ1v) is 10.0. The smallest absolute Gasteiger partial charge is 0.192 e. The summed E-state index contributed by atoms with van der Waals surface area (Å²) in [7, 11) is 0.424. The molecule has 0 saturated heterocycles. The average Bonchev–Trinajstić information content (AvgIpc) is 3.23. The molecule has 1 aliphatic carbocycles. The summed E-state index contributed by atoms with van der Waals surface area (Å²) in [6, 6.07) is 5.72. The van der Waals surface area contributed by atoms with E-state index in [-0.39, 0.29) is 0 Å². The number of rotatable bonds is 7. The maximum atomic E-state index is 12.4. The van der Waals surface area contributed by atoms with Crippen LogP contribution in [0.4, 0.5) is 5.82 Å². The van der Waals surface area contributed by atoms with Crippen molar-refractivity contribution in [3.8, 4) is 5.75 Å². The highest BCUT2D eigenvalue weighted by Gasteiger charge is 2.27. The highest BCUT2D eigenvalue weighted by Crippen LogP contribution is 2.36. The molecule has 0 aliphatic heterocycles. The Bertz CT molecular complexity index is 916. The molecular weight excluding hydrogens is 352 g/mol. The predicted octanol–water partition coefficient (Wildman–Crippen LogP) is 3.20. The van der Waals surface area contributed by atoms with Crippen LogP contribution in [0.5, 0.6) is 5.75 Å². The van der Waals surface area contributed by atoms with Crippen LogP contribution < -0.4 is 9.46 Å². The van der Waals surface area contributed by atoms with Gasteiger partial charge in [-0.2, -0.15) is 5.10 Å². The molecule has 1 atom stereocenters. The van der Waals surface area contributed by atoms with Crippen LogP contribution >= 0.6 is 0 Å². The van der Waals surface area contributed by atoms with Crippen LogP contribution in [0.15, 0.2) is 35.1 Å². The minimum Gasteiger partial charge on any atom is -0.496 e. The summed E-state index contributed by atoms with van der Waals surface area (Å²) in [5.41, 5.74) is 1.59. The van der Waals surface area contributed by atoms with Gasteiger partial charge in [-0.25, -0.2) is 4.21 Å². The Labute approximate surface area is 154 Å². The summed E-state index contributed by atoms with van der Waals surface area (Å²) in [5.74, 6) is 3.02. The molecule has 0 amide bonds. The number of nitrogens with one attached hydrogen (secondary N) is 1. The van der Waals surface area contributed by atoms with Crippen molar-refractivity contribution in [1.29, 1.82) is 0 Å². The van der Waals surface area contributed by atoms with Crippen molar-refractivity contribution in [2.75, 3.05) is 17.6 Å². The van der Waals surface area contributed by atoms with E-state index in [0.29, 0.717) is 40.8 Å². The Morgan fingerprint density at radius 3 is 2.96 bits per heavy atom. The first-order chi connectivity index (χ1) is 12.6. The fourth-order valence-electron chi connectivity index (χ4n) is 3.56. The molecule has 1 aromatic carbocycles. The fourth-order valence-corrected chi connectivity index (χ4v) is 4.70. The minimum absolute atomic E-state index is 0.466. The number of ether oxygens (including phenoxy) is 1. The molecule has 1 saturated carbocycles. The largest absolute Gasteiger partial charge is 0.496 e.